The fourth-order valence-electron chi connectivity index (χ4n) is 5.16. The Morgan fingerprint density at radius 1 is 0.704 bits per heavy atom. The summed E-state index contributed by atoms with van der Waals surface area (Å²) >= 11 is 40.7. The maximum Gasteiger partial charge on any atom is 0.187 e. The third kappa shape index (κ3) is 22.0. The summed E-state index contributed by atoms with van der Waals surface area (Å²) in [6, 6.07) is 26.7. The number of hydrogen-bond donors (Lipinski definition) is 1. The van der Waals surface area contributed by atoms with Gasteiger partial charge in [-0.05, 0) is 83.0 Å². The monoisotopic (exact) mass is 2200 g/mol. The zero-order valence-electron chi connectivity index (χ0n) is 27.2. The smallest absolute Gasteiger partial charge is 0.187 e. The van der Waals surface area contributed by atoms with Gasteiger partial charge in [-0.3, -0.25) is 0 Å². The number of ether oxygens (including phenoxy) is 1. The number of phenolic OH excluding ortho intramolecular Hbond substituents is 1. The second-order valence-corrected chi connectivity index (χ2v) is 180. The van der Waals surface area contributed by atoms with Crippen LogP contribution in [0.5, 0.6) is 11.5 Å². The van der Waals surface area contributed by atoms with Gasteiger partial charge in [-0.25, -0.2) is 9.69 Å². The molecule has 2 saturated carbocycles. The minimum Gasteiger partial charge on any atom is -0.508 e. The largest absolute Gasteiger partial charge is 0.508 e. The van der Waals surface area contributed by atoms with Crippen molar-refractivity contribution in [1.82, 2.24) is 0 Å². The van der Waals surface area contributed by atoms with Gasteiger partial charge in [0.1, 0.15) is 11.5 Å². The van der Waals surface area contributed by atoms with Gasteiger partial charge in [-0.1, -0.05) is 83.9 Å². The van der Waals surface area contributed by atoms with Gasteiger partial charge in [0, 0.05) is 10.0 Å². The molecular weight excluding hydrogens is 2170 g/mol. The first-order valence-corrected chi connectivity index (χ1v) is 74.7. The van der Waals surface area contributed by atoms with E-state index in [9.17, 15) is 5.11 Å². The van der Waals surface area contributed by atoms with Crippen molar-refractivity contribution in [2.75, 3.05) is 7.11 Å². The summed E-state index contributed by atoms with van der Waals surface area (Å²) in [4.78, 5) is 6.81. The Morgan fingerprint density at radius 3 is 1.37 bits per heavy atom. The van der Waals surface area contributed by atoms with Crippen molar-refractivity contribution in [1.29, 1.82) is 0 Å². The SMILES string of the molecule is BrB(Br)Br.II(I)I(I)I.I[I-]I(I)I.[C-]#[N+]c1ccc(C2CC2c2ccc(O)cc2Cl)cc1.[C-]#[N+]c1ccc(C2CC2c2ccc(OC)cc2Cl)cc1. The molecule has 0 amide bonds. The molecule has 54 heavy (non-hydrogen) atoms. The zero-order valence-corrected chi connectivity index (χ0v) is 57.2. The number of halogens is 16. The van der Waals surface area contributed by atoms with E-state index in [1.54, 1.807) is 19.2 Å². The summed E-state index contributed by atoms with van der Waals surface area (Å²) in [6.45, 7) is 13.9. The zero-order chi connectivity index (χ0) is 40.5. The van der Waals surface area contributed by atoms with Crippen LogP contribution in [-0.4, -0.2) is 15.4 Å². The van der Waals surface area contributed by atoms with E-state index in [0.717, 1.165) is 29.2 Å². The topological polar surface area (TPSA) is 38.2 Å². The van der Waals surface area contributed by atoms with Crippen molar-refractivity contribution in [3.8, 4) is 11.5 Å². The van der Waals surface area contributed by atoms with Crippen LogP contribution >= 0.6 is 224 Å². The molecule has 296 valence electrons. The first-order valence-electron chi connectivity index (χ1n) is 14.6. The van der Waals surface area contributed by atoms with Gasteiger partial charge in [0.25, 0.3) is 0 Å². The molecule has 6 rings (SSSR count). The number of methoxy groups -OCH3 is 1. The van der Waals surface area contributed by atoms with Crippen LogP contribution in [0.4, 0.5) is 11.4 Å². The van der Waals surface area contributed by atoms with Crippen molar-refractivity contribution in [3.63, 3.8) is 0 Å². The molecule has 0 spiro atoms. The van der Waals surface area contributed by atoms with E-state index in [1.165, 1.54) is 16.7 Å². The predicted molar refractivity (Wildman–Crippen MR) is 329 cm³/mol. The number of rotatable bonds is 7. The summed E-state index contributed by atoms with van der Waals surface area (Å²) in [7, 11) is 0.770. The minimum absolute atomic E-state index is 0.201. The summed E-state index contributed by atoms with van der Waals surface area (Å²) in [6.07, 6.45) is 2.19. The molecule has 0 aliphatic heterocycles. The summed E-state index contributed by atoms with van der Waals surface area (Å²) < 4.78 is 5.45. The van der Waals surface area contributed by atoms with E-state index in [1.807, 2.05) is 54.6 Å². The summed E-state index contributed by atoms with van der Waals surface area (Å²) in [5, 5.41) is 10.8. The van der Waals surface area contributed by atoms with Gasteiger partial charge in [-0.2, -0.15) is 0 Å². The molecule has 2 aliphatic rings. The number of hydrogen-bond acceptors (Lipinski definition) is 2. The van der Waals surface area contributed by atoms with Crippen LogP contribution in [0, 0.1) is 13.1 Å². The van der Waals surface area contributed by atoms with Gasteiger partial charge in [0.05, 0.1) is 20.3 Å². The molecule has 0 bridgehead atoms. The summed E-state index contributed by atoms with van der Waals surface area (Å²) in [5.41, 5.74) is 6.18. The number of nitrogens with zero attached hydrogens (tertiary/aromatic N) is 2. The molecule has 4 atom stereocenters. The summed E-state index contributed by atoms with van der Waals surface area (Å²) in [5.74, 6) is 2.88. The molecule has 0 radical (unpaired) electrons. The molecule has 4 unspecified atom stereocenters. The molecule has 2 fully saturated rings. The normalized spacial score (nSPS) is 18.0. The van der Waals surface area contributed by atoms with Gasteiger partial charge in [0.2, 0.25) is 0 Å². The van der Waals surface area contributed by atoms with Crippen LogP contribution in [0.1, 0.15) is 58.8 Å². The first-order chi connectivity index (χ1) is 25.6. The van der Waals surface area contributed by atoms with Crippen molar-refractivity contribution < 1.29 is 23.1 Å². The Kier molecular flexibility index (Phi) is 31.6. The molecule has 4 aromatic carbocycles. The van der Waals surface area contributed by atoms with Crippen LogP contribution in [-0.2, 0) is 0 Å². The van der Waals surface area contributed by atoms with E-state index in [4.69, 9.17) is 41.1 Å². The third-order valence-corrected chi connectivity index (χ3v) is 256. The van der Waals surface area contributed by atoms with Crippen molar-refractivity contribution >= 4 is 239 Å². The van der Waals surface area contributed by atoms with E-state index < -0.39 is 0 Å². The number of benzene rings is 4. The molecule has 0 aromatic heterocycles. The van der Waals surface area contributed by atoms with Crippen LogP contribution in [0.25, 0.3) is 9.69 Å². The maximum absolute atomic E-state index is 9.37. The van der Waals surface area contributed by atoms with E-state index in [2.05, 4.69) is 205 Å². The fraction of sp³-hybridized carbons (Fsp3) is 0.212. The molecular formula is C33H26BBr3Cl2I11N2O2-. The van der Waals surface area contributed by atoms with Gasteiger partial charge < -0.3 is 9.84 Å². The Morgan fingerprint density at radius 2 is 1.07 bits per heavy atom. The molecule has 2 aliphatic carbocycles. The second-order valence-electron chi connectivity index (χ2n) is 10.7. The number of aromatic hydroxyl groups is 1. The Hall–Kier alpha value is 5.57. The van der Waals surface area contributed by atoms with E-state index in [0.29, 0.717) is 53.3 Å². The Balaban J connectivity index is 0.000000274. The van der Waals surface area contributed by atoms with Gasteiger partial charge >= 0.3 is 170 Å². The first kappa shape index (κ1) is 55.7. The van der Waals surface area contributed by atoms with Crippen LogP contribution in [0.2, 0.25) is 10.0 Å². The third-order valence-electron chi connectivity index (χ3n) is 7.59. The van der Waals surface area contributed by atoms with Crippen LogP contribution in [0.15, 0.2) is 84.9 Å². The van der Waals surface area contributed by atoms with Crippen LogP contribution < -0.4 is 18.0 Å². The fourth-order valence-corrected chi connectivity index (χ4v) is 5.78. The number of phenols is 1. The molecule has 21 heteroatoms. The molecule has 4 aromatic rings. The van der Waals surface area contributed by atoms with Crippen LogP contribution in [0.3, 0.4) is 0 Å². The van der Waals surface area contributed by atoms with Crippen molar-refractivity contribution in [2.24, 2.45) is 0 Å². The molecule has 1 N–H and O–H groups in total. The van der Waals surface area contributed by atoms with E-state index in [-0.39, 0.29) is 32.6 Å². The van der Waals surface area contributed by atoms with E-state index >= 15 is 0 Å². The quantitative estimate of drug-likeness (QED) is 0.114. The molecule has 4 nitrogen and oxygen atoms in total. The second kappa shape index (κ2) is 30.7. The van der Waals surface area contributed by atoms with Crippen molar-refractivity contribution in [3.05, 3.63) is 140 Å². The Bertz CT molecular complexity index is 1830. The average molecular weight is 2200 g/mol. The van der Waals surface area contributed by atoms with Gasteiger partial charge in [0.15, 0.2) is 11.4 Å². The average Bonchev–Trinajstić information content (AvgIpc) is 4.08. The molecule has 0 saturated heterocycles. The standard InChI is InChI=1S/C17H14ClNO.C16H12ClNO.BBr3.I6.I5/c1-19-12-5-3-11(4-6-12)15-10-16(15)14-8-7-13(20-2)9-17(14)18;1-18-11-4-2-10(3-5-11)14-9-15(14)13-7-6-12(19)8-16(13)17;2-1(3)4;1-5(2)6(3)4;1-4-5(2)3/h3-9,15-16H,10H2,2H3;2-8,14-15,19H,9H2;;;/q;;;;-1. The Labute approximate surface area is 446 Å². The maximum atomic E-state index is 9.37. The predicted octanol–water partition coefficient (Wildman–Crippen LogP) is 18.1. The molecule has 0 heterocycles. The minimum atomic E-state index is -0.314. The van der Waals surface area contributed by atoms with Crippen molar-refractivity contribution in [2.45, 2.75) is 36.5 Å². The van der Waals surface area contributed by atoms with Gasteiger partial charge in [-0.15, -0.1) is 47.3 Å².